The third-order valence-corrected chi connectivity index (χ3v) is 4.57. The number of carbonyl (C=O) groups is 1. The zero-order valence-electron chi connectivity index (χ0n) is 12.0. The lowest BCUT2D eigenvalue weighted by Crippen LogP contribution is -2.42. The van der Waals surface area contributed by atoms with Gasteiger partial charge in [-0.15, -0.1) is 11.3 Å². The highest BCUT2D eigenvalue weighted by Crippen LogP contribution is 2.45. The predicted octanol–water partition coefficient (Wildman–Crippen LogP) is 1.74. The molecule has 1 aromatic heterocycles. The molecule has 6 nitrogen and oxygen atoms in total. The second-order valence-corrected chi connectivity index (χ2v) is 5.52. The zero-order chi connectivity index (χ0) is 14.7. The molecular formula is C13H20N2O4S. The Labute approximate surface area is 122 Å². The Kier molecular flexibility index (Phi) is 4.72. The molecule has 0 aromatic carbocycles. The molecule has 0 amide bonds. The Balaban J connectivity index is 2.33. The molecule has 1 atom stereocenters. The summed E-state index contributed by atoms with van der Waals surface area (Å²) in [4.78, 5) is 14.3. The van der Waals surface area contributed by atoms with Crippen molar-refractivity contribution in [1.29, 1.82) is 0 Å². The highest BCUT2D eigenvalue weighted by atomic mass is 32.1. The summed E-state index contributed by atoms with van der Waals surface area (Å²) < 4.78 is 15.8. The number of carbonyl (C=O) groups excluding carboxylic acids is 1. The number of nitrogen functional groups attached to an aromatic ring is 1. The van der Waals surface area contributed by atoms with Crippen molar-refractivity contribution in [2.24, 2.45) is 0 Å². The molecule has 1 aliphatic rings. The molecule has 1 aromatic rings. The average molecular weight is 300 g/mol. The third kappa shape index (κ3) is 2.69. The van der Waals surface area contributed by atoms with Crippen LogP contribution >= 0.6 is 11.3 Å². The smallest absolute Gasteiger partial charge is 0.350 e. The lowest BCUT2D eigenvalue weighted by Gasteiger charge is -2.33. The molecule has 2 heterocycles. The van der Waals surface area contributed by atoms with Gasteiger partial charge in [0, 0.05) is 13.1 Å². The molecule has 20 heavy (non-hydrogen) atoms. The van der Waals surface area contributed by atoms with Gasteiger partial charge in [-0.05, 0) is 6.42 Å². The van der Waals surface area contributed by atoms with Crippen molar-refractivity contribution in [3.05, 3.63) is 4.88 Å². The van der Waals surface area contributed by atoms with Crippen molar-refractivity contribution in [3.63, 3.8) is 0 Å². The summed E-state index contributed by atoms with van der Waals surface area (Å²) >= 11 is 1.31. The molecular weight excluding hydrogens is 280 g/mol. The van der Waals surface area contributed by atoms with Gasteiger partial charge in [0.05, 0.1) is 26.9 Å². The van der Waals surface area contributed by atoms with E-state index in [2.05, 4.69) is 11.8 Å². The molecule has 0 radical (unpaired) electrons. The maximum Gasteiger partial charge on any atom is 0.350 e. The number of methoxy groups -OCH3 is 2. The van der Waals surface area contributed by atoms with Gasteiger partial charge in [0.2, 0.25) is 0 Å². The van der Waals surface area contributed by atoms with Crippen molar-refractivity contribution in [3.8, 4) is 5.75 Å². The first-order valence-corrected chi connectivity index (χ1v) is 7.35. The van der Waals surface area contributed by atoms with Crippen LogP contribution in [0.5, 0.6) is 5.75 Å². The molecule has 7 heteroatoms. The Morgan fingerprint density at radius 3 is 2.90 bits per heavy atom. The van der Waals surface area contributed by atoms with Gasteiger partial charge in [0.25, 0.3) is 0 Å². The van der Waals surface area contributed by atoms with E-state index in [0.717, 1.165) is 24.5 Å². The molecule has 1 saturated heterocycles. The number of nitrogens with two attached hydrogens (primary N) is 1. The normalized spacial score (nSPS) is 18.9. The maximum atomic E-state index is 11.7. The summed E-state index contributed by atoms with van der Waals surface area (Å²) in [6, 6.07) is 0. The Morgan fingerprint density at radius 1 is 1.55 bits per heavy atom. The van der Waals surface area contributed by atoms with Crippen molar-refractivity contribution >= 4 is 28.0 Å². The summed E-state index contributed by atoms with van der Waals surface area (Å²) in [6.45, 7) is 4.28. The molecule has 0 bridgehead atoms. The van der Waals surface area contributed by atoms with Crippen LogP contribution in [0.4, 0.5) is 10.7 Å². The van der Waals surface area contributed by atoms with Gasteiger partial charge in [0.1, 0.15) is 15.6 Å². The number of ether oxygens (including phenoxy) is 3. The number of hydrogen-bond acceptors (Lipinski definition) is 7. The quantitative estimate of drug-likeness (QED) is 0.854. The Bertz CT molecular complexity index is 489. The molecule has 1 fully saturated rings. The number of anilines is 2. The van der Waals surface area contributed by atoms with E-state index in [4.69, 9.17) is 19.9 Å². The summed E-state index contributed by atoms with van der Waals surface area (Å²) in [7, 11) is 2.90. The van der Waals surface area contributed by atoms with Gasteiger partial charge >= 0.3 is 5.97 Å². The van der Waals surface area contributed by atoms with Crippen molar-refractivity contribution in [2.75, 3.05) is 44.5 Å². The van der Waals surface area contributed by atoms with Gasteiger partial charge in [-0.1, -0.05) is 6.92 Å². The van der Waals surface area contributed by atoms with Crippen molar-refractivity contribution in [1.82, 2.24) is 0 Å². The molecule has 0 saturated carbocycles. The lowest BCUT2D eigenvalue weighted by atomic mass is 10.2. The fraction of sp³-hybridized carbons (Fsp3) is 0.615. The standard InChI is InChI=1S/C13H20N2O4S/c1-4-8-7-15(5-6-19-8)12-10(17-2)9(14)11(20-12)13(16)18-3/h8H,4-7,14H2,1-3H3. The van der Waals surface area contributed by atoms with E-state index in [1.54, 1.807) is 7.11 Å². The lowest BCUT2D eigenvalue weighted by molar-refractivity contribution is 0.0385. The monoisotopic (exact) mass is 300 g/mol. The minimum absolute atomic E-state index is 0.193. The van der Waals surface area contributed by atoms with E-state index in [9.17, 15) is 4.79 Å². The zero-order valence-corrected chi connectivity index (χ0v) is 12.8. The van der Waals surface area contributed by atoms with Crippen LogP contribution < -0.4 is 15.4 Å². The Hall–Kier alpha value is -1.47. The summed E-state index contributed by atoms with van der Waals surface area (Å²) in [5, 5.41) is 0.868. The predicted molar refractivity (Wildman–Crippen MR) is 78.9 cm³/mol. The fourth-order valence-corrected chi connectivity index (χ4v) is 3.36. The van der Waals surface area contributed by atoms with Crippen LogP contribution in [0.2, 0.25) is 0 Å². The molecule has 112 valence electrons. The van der Waals surface area contributed by atoms with Crippen LogP contribution in [-0.2, 0) is 9.47 Å². The number of esters is 1. The van der Waals surface area contributed by atoms with E-state index in [0.29, 0.717) is 22.9 Å². The summed E-state index contributed by atoms with van der Waals surface area (Å²) in [5.74, 6) is 0.115. The highest BCUT2D eigenvalue weighted by molar-refractivity contribution is 7.19. The number of nitrogens with zero attached hydrogens (tertiary/aromatic N) is 1. The second kappa shape index (κ2) is 6.32. The maximum absolute atomic E-state index is 11.7. The molecule has 0 aliphatic carbocycles. The van der Waals surface area contributed by atoms with Crippen LogP contribution in [0.3, 0.4) is 0 Å². The first-order chi connectivity index (χ1) is 9.62. The summed E-state index contributed by atoms with van der Waals surface area (Å²) in [6.07, 6.45) is 1.14. The van der Waals surface area contributed by atoms with Crippen LogP contribution in [-0.4, -0.2) is 46.0 Å². The van der Waals surface area contributed by atoms with Gasteiger partial charge in [-0.2, -0.15) is 0 Å². The van der Waals surface area contributed by atoms with Gasteiger partial charge in [-0.3, -0.25) is 0 Å². The van der Waals surface area contributed by atoms with Crippen molar-refractivity contribution < 1.29 is 19.0 Å². The van der Waals surface area contributed by atoms with E-state index >= 15 is 0 Å². The third-order valence-electron chi connectivity index (χ3n) is 3.34. The average Bonchev–Trinajstić information content (AvgIpc) is 2.83. The largest absolute Gasteiger partial charge is 0.492 e. The number of morpholine rings is 1. The highest BCUT2D eigenvalue weighted by Gasteiger charge is 2.28. The van der Waals surface area contributed by atoms with E-state index in [1.165, 1.54) is 18.4 Å². The van der Waals surface area contributed by atoms with E-state index in [-0.39, 0.29) is 6.10 Å². The van der Waals surface area contributed by atoms with E-state index < -0.39 is 5.97 Å². The van der Waals surface area contributed by atoms with Gasteiger partial charge in [-0.25, -0.2) is 4.79 Å². The molecule has 0 spiro atoms. The fourth-order valence-electron chi connectivity index (χ4n) is 2.22. The molecule has 2 N–H and O–H groups in total. The minimum atomic E-state index is -0.433. The van der Waals surface area contributed by atoms with Crippen molar-refractivity contribution in [2.45, 2.75) is 19.4 Å². The molecule has 2 rings (SSSR count). The van der Waals surface area contributed by atoms with Gasteiger partial charge in [0.15, 0.2) is 5.75 Å². The molecule has 1 aliphatic heterocycles. The van der Waals surface area contributed by atoms with Crippen LogP contribution in [0.25, 0.3) is 0 Å². The minimum Gasteiger partial charge on any atom is -0.492 e. The second-order valence-electron chi connectivity index (χ2n) is 4.52. The van der Waals surface area contributed by atoms with Crippen LogP contribution in [0.1, 0.15) is 23.0 Å². The SMILES string of the molecule is CCC1CN(c2sc(C(=O)OC)c(N)c2OC)CCO1. The summed E-state index contributed by atoms with van der Waals surface area (Å²) in [5.41, 5.74) is 6.34. The molecule has 1 unspecified atom stereocenters. The topological polar surface area (TPSA) is 74.0 Å². The Morgan fingerprint density at radius 2 is 2.30 bits per heavy atom. The number of rotatable bonds is 4. The first kappa shape index (κ1) is 14.9. The van der Waals surface area contributed by atoms with Crippen LogP contribution in [0.15, 0.2) is 0 Å². The van der Waals surface area contributed by atoms with Gasteiger partial charge < -0.3 is 24.8 Å². The number of thiophene rings is 1. The van der Waals surface area contributed by atoms with Crippen LogP contribution in [0, 0.1) is 0 Å². The van der Waals surface area contributed by atoms with E-state index in [1.807, 2.05) is 0 Å². The first-order valence-electron chi connectivity index (χ1n) is 6.53. The number of hydrogen-bond donors (Lipinski definition) is 1.